The van der Waals surface area contributed by atoms with E-state index in [0.29, 0.717) is 17.7 Å². The first-order valence-corrected chi connectivity index (χ1v) is 10.9. The molecule has 1 aliphatic carbocycles. The van der Waals surface area contributed by atoms with Crippen molar-refractivity contribution < 1.29 is 9.59 Å². The second kappa shape index (κ2) is 8.45. The van der Waals surface area contributed by atoms with Gasteiger partial charge in [-0.1, -0.05) is 25.0 Å². The van der Waals surface area contributed by atoms with Crippen LogP contribution in [0.2, 0.25) is 0 Å². The van der Waals surface area contributed by atoms with Crippen LogP contribution in [0, 0.1) is 11.8 Å². The Bertz CT molecular complexity index is 649. The number of likely N-dealkylation sites (tertiary alicyclic amines) is 2. The highest BCUT2D eigenvalue weighted by molar-refractivity contribution is 5.94. The lowest BCUT2D eigenvalue weighted by Crippen LogP contribution is -2.41. The van der Waals surface area contributed by atoms with Crippen molar-refractivity contribution in [3.8, 4) is 0 Å². The summed E-state index contributed by atoms with van der Waals surface area (Å²) in [6.45, 7) is 3.65. The van der Waals surface area contributed by atoms with Crippen molar-refractivity contribution in [1.29, 1.82) is 0 Å². The first-order chi connectivity index (χ1) is 13.2. The van der Waals surface area contributed by atoms with E-state index in [9.17, 15) is 9.59 Å². The van der Waals surface area contributed by atoms with E-state index in [1.165, 1.54) is 18.4 Å². The van der Waals surface area contributed by atoms with Gasteiger partial charge in [-0.05, 0) is 68.6 Å². The van der Waals surface area contributed by atoms with E-state index in [4.69, 9.17) is 0 Å². The Morgan fingerprint density at radius 2 is 1.41 bits per heavy atom. The Hall–Kier alpha value is -1.84. The molecule has 0 bridgehead atoms. The van der Waals surface area contributed by atoms with Gasteiger partial charge in [-0.25, -0.2) is 0 Å². The molecule has 2 aliphatic heterocycles. The van der Waals surface area contributed by atoms with E-state index in [1.807, 2.05) is 17.0 Å². The van der Waals surface area contributed by atoms with Crippen LogP contribution in [-0.2, 0) is 11.2 Å². The summed E-state index contributed by atoms with van der Waals surface area (Å²) in [5, 5.41) is 0. The zero-order valence-electron chi connectivity index (χ0n) is 16.4. The number of carbonyl (C=O) groups excluding carboxylic acids is 2. The van der Waals surface area contributed by atoms with Crippen LogP contribution < -0.4 is 0 Å². The van der Waals surface area contributed by atoms with Crippen LogP contribution >= 0.6 is 0 Å². The quantitative estimate of drug-likeness (QED) is 0.809. The van der Waals surface area contributed by atoms with Crippen molar-refractivity contribution in [3.63, 3.8) is 0 Å². The van der Waals surface area contributed by atoms with Crippen LogP contribution in [0.4, 0.5) is 0 Å². The van der Waals surface area contributed by atoms with E-state index in [-0.39, 0.29) is 5.91 Å². The smallest absolute Gasteiger partial charge is 0.253 e. The summed E-state index contributed by atoms with van der Waals surface area (Å²) in [7, 11) is 0. The lowest BCUT2D eigenvalue weighted by Gasteiger charge is -2.33. The highest BCUT2D eigenvalue weighted by Gasteiger charge is 2.30. The standard InChI is InChI=1S/C23H32N2O2/c26-22(20-5-1-2-6-20)25-15-11-19(12-16-25)17-18-7-9-21(10-8-18)23(27)24-13-3-4-14-24/h7-10,19-20H,1-6,11-17H2. The predicted molar refractivity (Wildman–Crippen MR) is 107 cm³/mol. The lowest BCUT2D eigenvalue weighted by atomic mass is 9.89. The number of nitrogens with zero attached hydrogens (tertiary/aromatic N) is 2. The Morgan fingerprint density at radius 1 is 0.778 bits per heavy atom. The number of rotatable bonds is 4. The number of hydrogen-bond acceptors (Lipinski definition) is 2. The molecule has 0 aromatic heterocycles. The zero-order chi connectivity index (χ0) is 18.6. The summed E-state index contributed by atoms with van der Waals surface area (Å²) in [5.74, 6) is 1.55. The molecule has 0 N–H and O–H groups in total. The van der Waals surface area contributed by atoms with Crippen LogP contribution in [-0.4, -0.2) is 47.8 Å². The van der Waals surface area contributed by atoms with Crippen LogP contribution in [0.3, 0.4) is 0 Å². The summed E-state index contributed by atoms with van der Waals surface area (Å²) in [6.07, 6.45) is 10.2. The maximum absolute atomic E-state index is 12.6. The first kappa shape index (κ1) is 18.5. The van der Waals surface area contributed by atoms with E-state index in [1.54, 1.807) is 0 Å². The average molecular weight is 369 g/mol. The molecule has 4 heteroatoms. The molecule has 4 rings (SSSR count). The minimum Gasteiger partial charge on any atom is -0.342 e. The van der Waals surface area contributed by atoms with E-state index in [0.717, 1.165) is 76.7 Å². The molecule has 0 unspecified atom stereocenters. The van der Waals surface area contributed by atoms with E-state index >= 15 is 0 Å². The first-order valence-electron chi connectivity index (χ1n) is 10.9. The van der Waals surface area contributed by atoms with Crippen LogP contribution in [0.5, 0.6) is 0 Å². The fourth-order valence-corrected chi connectivity index (χ4v) is 5.01. The van der Waals surface area contributed by atoms with Gasteiger partial charge in [0.15, 0.2) is 0 Å². The average Bonchev–Trinajstić information content (AvgIpc) is 3.42. The van der Waals surface area contributed by atoms with Crippen molar-refractivity contribution in [2.45, 2.75) is 57.8 Å². The zero-order valence-corrected chi connectivity index (χ0v) is 16.4. The third-order valence-corrected chi connectivity index (χ3v) is 6.75. The Balaban J connectivity index is 1.26. The summed E-state index contributed by atoms with van der Waals surface area (Å²) < 4.78 is 0. The topological polar surface area (TPSA) is 40.6 Å². The summed E-state index contributed by atoms with van der Waals surface area (Å²) in [6, 6.07) is 8.24. The molecule has 146 valence electrons. The summed E-state index contributed by atoms with van der Waals surface area (Å²) in [4.78, 5) is 29.1. The predicted octanol–water partition coefficient (Wildman–Crippen LogP) is 3.89. The molecule has 1 aromatic carbocycles. The number of piperidine rings is 1. The normalized spacial score (nSPS) is 21.8. The molecule has 4 nitrogen and oxygen atoms in total. The molecular formula is C23H32N2O2. The van der Waals surface area contributed by atoms with Crippen molar-refractivity contribution in [3.05, 3.63) is 35.4 Å². The van der Waals surface area contributed by atoms with Crippen LogP contribution in [0.25, 0.3) is 0 Å². The minimum atomic E-state index is 0.179. The van der Waals surface area contributed by atoms with Gasteiger partial charge in [-0.2, -0.15) is 0 Å². The van der Waals surface area contributed by atoms with Crippen molar-refractivity contribution >= 4 is 11.8 Å². The van der Waals surface area contributed by atoms with Gasteiger partial charge in [0, 0.05) is 37.7 Å². The van der Waals surface area contributed by atoms with Gasteiger partial charge in [0.25, 0.3) is 5.91 Å². The summed E-state index contributed by atoms with van der Waals surface area (Å²) in [5.41, 5.74) is 2.13. The summed E-state index contributed by atoms with van der Waals surface area (Å²) >= 11 is 0. The van der Waals surface area contributed by atoms with Gasteiger partial charge in [-0.3, -0.25) is 9.59 Å². The second-order valence-electron chi connectivity index (χ2n) is 8.65. The fourth-order valence-electron chi connectivity index (χ4n) is 5.01. The highest BCUT2D eigenvalue weighted by Crippen LogP contribution is 2.29. The molecule has 1 saturated carbocycles. The molecule has 27 heavy (non-hydrogen) atoms. The SMILES string of the molecule is O=C(c1ccc(CC2CCN(C(=O)C3CCCC3)CC2)cc1)N1CCCC1. The van der Waals surface area contributed by atoms with Crippen molar-refractivity contribution in [2.24, 2.45) is 11.8 Å². The maximum Gasteiger partial charge on any atom is 0.253 e. The largest absolute Gasteiger partial charge is 0.342 e. The maximum atomic E-state index is 12.6. The molecule has 0 atom stereocenters. The molecule has 1 aromatic rings. The van der Waals surface area contributed by atoms with Gasteiger partial charge < -0.3 is 9.80 Å². The molecule has 2 heterocycles. The monoisotopic (exact) mass is 368 g/mol. The third-order valence-electron chi connectivity index (χ3n) is 6.75. The van der Waals surface area contributed by atoms with Crippen LogP contribution in [0.1, 0.15) is 67.3 Å². The van der Waals surface area contributed by atoms with Gasteiger partial charge in [-0.15, -0.1) is 0 Å². The number of carbonyl (C=O) groups is 2. The fraction of sp³-hybridized carbons (Fsp3) is 0.652. The molecular weight excluding hydrogens is 336 g/mol. The van der Waals surface area contributed by atoms with E-state index < -0.39 is 0 Å². The minimum absolute atomic E-state index is 0.179. The molecule has 2 saturated heterocycles. The highest BCUT2D eigenvalue weighted by atomic mass is 16.2. The number of benzene rings is 1. The van der Waals surface area contributed by atoms with Crippen molar-refractivity contribution in [2.75, 3.05) is 26.2 Å². The van der Waals surface area contributed by atoms with Gasteiger partial charge in [0.05, 0.1) is 0 Å². The Kier molecular flexibility index (Phi) is 5.80. The third kappa shape index (κ3) is 4.36. The van der Waals surface area contributed by atoms with Crippen molar-refractivity contribution in [1.82, 2.24) is 9.80 Å². The molecule has 0 spiro atoms. The Labute approximate surface area is 162 Å². The van der Waals surface area contributed by atoms with Crippen LogP contribution in [0.15, 0.2) is 24.3 Å². The second-order valence-corrected chi connectivity index (χ2v) is 8.65. The van der Waals surface area contributed by atoms with Gasteiger partial charge in [0.1, 0.15) is 0 Å². The number of hydrogen-bond donors (Lipinski definition) is 0. The molecule has 2 amide bonds. The molecule has 3 fully saturated rings. The molecule has 0 radical (unpaired) electrons. The van der Waals surface area contributed by atoms with Gasteiger partial charge in [0.2, 0.25) is 5.91 Å². The lowest BCUT2D eigenvalue weighted by molar-refractivity contribution is -0.136. The molecule has 3 aliphatic rings. The Morgan fingerprint density at radius 3 is 2.04 bits per heavy atom. The van der Waals surface area contributed by atoms with E-state index in [2.05, 4.69) is 17.0 Å². The number of amides is 2. The van der Waals surface area contributed by atoms with Gasteiger partial charge >= 0.3 is 0 Å².